The van der Waals surface area contributed by atoms with Crippen molar-refractivity contribution in [2.24, 2.45) is 10.4 Å². The molecule has 0 saturated carbocycles. The molecule has 1 aliphatic rings. The number of rotatable bonds is 8. The molecule has 1 aromatic rings. The van der Waals surface area contributed by atoms with Crippen molar-refractivity contribution in [3.8, 4) is 5.75 Å². The highest BCUT2D eigenvalue weighted by atomic mass is 32.2. The minimum atomic E-state index is -2.95. The Labute approximate surface area is 170 Å². The second-order valence-electron chi connectivity index (χ2n) is 8.42. The molecule has 7 heteroatoms. The lowest BCUT2D eigenvalue weighted by Gasteiger charge is -2.26. The van der Waals surface area contributed by atoms with E-state index in [2.05, 4.69) is 43.1 Å². The largest absolute Gasteiger partial charge is 0.497 e. The molecule has 1 N–H and O–H groups in total. The molecule has 0 radical (unpaired) electrons. The second-order valence-corrected chi connectivity index (χ2v) is 10.7. The monoisotopic (exact) mass is 409 g/mol. The number of aliphatic imine (C=N–C) groups is 1. The minimum absolute atomic E-state index is 0.154. The maximum atomic E-state index is 11.5. The molecular weight excluding hydrogens is 374 g/mol. The van der Waals surface area contributed by atoms with E-state index in [0.717, 1.165) is 37.8 Å². The molecule has 1 atom stereocenters. The van der Waals surface area contributed by atoms with Crippen molar-refractivity contribution in [1.29, 1.82) is 0 Å². The van der Waals surface area contributed by atoms with Crippen LogP contribution in [0.5, 0.6) is 5.75 Å². The average molecular weight is 410 g/mol. The first-order chi connectivity index (χ1) is 13.1. The van der Waals surface area contributed by atoms with Gasteiger partial charge in [0.05, 0.1) is 12.9 Å². The predicted octanol–water partition coefficient (Wildman–Crippen LogP) is 2.91. The zero-order valence-corrected chi connectivity index (χ0v) is 18.7. The van der Waals surface area contributed by atoms with E-state index in [0.29, 0.717) is 18.9 Å². The Morgan fingerprint density at radius 2 is 2.00 bits per heavy atom. The van der Waals surface area contributed by atoms with Crippen molar-refractivity contribution in [3.63, 3.8) is 0 Å². The fourth-order valence-electron chi connectivity index (χ4n) is 3.36. The number of guanidine groups is 1. The fourth-order valence-corrected chi connectivity index (χ4v) is 4.28. The van der Waals surface area contributed by atoms with E-state index in [4.69, 9.17) is 9.73 Å². The molecule has 0 amide bonds. The van der Waals surface area contributed by atoms with Gasteiger partial charge in [-0.15, -0.1) is 0 Å². The Bertz CT molecular complexity index is 758. The molecule has 1 saturated heterocycles. The van der Waals surface area contributed by atoms with Gasteiger partial charge in [-0.2, -0.15) is 0 Å². The quantitative estimate of drug-likeness (QED) is 0.528. The number of hydrogen-bond donors (Lipinski definition) is 1. The number of ether oxygens (including phenoxy) is 1. The van der Waals surface area contributed by atoms with Crippen LogP contribution in [0.15, 0.2) is 29.3 Å². The summed E-state index contributed by atoms with van der Waals surface area (Å²) in [6, 6.07) is 8.32. The molecule has 0 bridgehead atoms. The molecular formula is C21H35N3O3S. The summed E-state index contributed by atoms with van der Waals surface area (Å²) < 4.78 is 28.2. The molecule has 0 spiro atoms. The first-order valence-electron chi connectivity index (χ1n) is 9.98. The Kier molecular flexibility index (Phi) is 7.75. The first kappa shape index (κ1) is 22.5. The Morgan fingerprint density at radius 3 is 2.57 bits per heavy atom. The zero-order chi connectivity index (χ0) is 20.8. The van der Waals surface area contributed by atoms with Gasteiger partial charge in [-0.1, -0.05) is 26.0 Å². The van der Waals surface area contributed by atoms with Crippen LogP contribution in [0.25, 0.3) is 0 Å². The molecule has 1 unspecified atom stereocenters. The summed E-state index contributed by atoms with van der Waals surface area (Å²) in [5.41, 5.74) is 1.17. The smallest absolute Gasteiger partial charge is 0.193 e. The predicted molar refractivity (Wildman–Crippen MR) is 116 cm³/mol. The molecule has 1 fully saturated rings. The summed E-state index contributed by atoms with van der Waals surface area (Å²) in [5, 5.41) is 3.40. The van der Waals surface area contributed by atoms with Crippen molar-refractivity contribution in [1.82, 2.24) is 10.2 Å². The number of nitrogens with one attached hydrogen (secondary N) is 1. The molecule has 6 nitrogen and oxygen atoms in total. The van der Waals surface area contributed by atoms with Gasteiger partial charge in [0.15, 0.2) is 5.96 Å². The summed E-state index contributed by atoms with van der Waals surface area (Å²) in [6.07, 6.45) is 3.00. The van der Waals surface area contributed by atoms with Gasteiger partial charge in [0.2, 0.25) is 0 Å². The minimum Gasteiger partial charge on any atom is -0.497 e. The number of benzene rings is 1. The average Bonchev–Trinajstić information content (AvgIpc) is 3.13. The van der Waals surface area contributed by atoms with Gasteiger partial charge >= 0.3 is 0 Å². The number of sulfone groups is 1. The van der Waals surface area contributed by atoms with Crippen LogP contribution >= 0.6 is 0 Å². The molecule has 1 aromatic carbocycles. The summed E-state index contributed by atoms with van der Waals surface area (Å²) in [4.78, 5) is 7.15. The lowest BCUT2D eigenvalue weighted by atomic mass is 9.90. The molecule has 28 heavy (non-hydrogen) atoms. The van der Waals surface area contributed by atoms with E-state index in [1.54, 1.807) is 7.11 Å². The Balaban J connectivity index is 2.01. The number of nitrogens with zero attached hydrogens (tertiary/aromatic N) is 2. The normalized spacial score (nSPS) is 18.4. The third-order valence-corrected chi connectivity index (χ3v) is 6.16. The van der Waals surface area contributed by atoms with Crippen LogP contribution in [0.2, 0.25) is 0 Å². The fraction of sp³-hybridized carbons (Fsp3) is 0.667. The van der Waals surface area contributed by atoms with Gasteiger partial charge in [0, 0.05) is 38.4 Å². The van der Waals surface area contributed by atoms with Crippen LogP contribution in [0.4, 0.5) is 0 Å². The highest BCUT2D eigenvalue weighted by Gasteiger charge is 2.27. The molecule has 0 aliphatic carbocycles. The molecule has 158 valence electrons. The van der Waals surface area contributed by atoms with E-state index in [1.807, 2.05) is 12.1 Å². The second kappa shape index (κ2) is 9.63. The van der Waals surface area contributed by atoms with Crippen molar-refractivity contribution in [3.05, 3.63) is 29.8 Å². The summed E-state index contributed by atoms with van der Waals surface area (Å²) in [6.45, 7) is 9.54. The molecule has 0 aromatic heterocycles. The maximum Gasteiger partial charge on any atom is 0.193 e. The van der Waals surface area contributed by atoms with Crippen LogP contribution in [0.1, 0.15) is 45.1 Å². The standard InChI is InChI=1S/C21H35N3O3S/c1-6-22-20(23-16-21(2,3)12-14-28(5,25)26)24-13-11-18(15-24)17-7-9-19(27-4)10-8-17/h7-10,18H,6,11-16H2,1-5H3,(H,22,23). The van der Waals surface area contributed by atoms with Gasteiger partial charge in [0.25, 0.3) is 0 Å². The highest BCUT2D eigenvalue weighted by molar-refractivity contribution is 7.90. The highest BCUT2D eigenvalue weighted by Crippen LogP contribution is 2.29. The van der Waals surface area contributed by atoms with Crippen LogP contribution in [0.3, 0.4) is 0 Å². The van der Waals surface area contributed by atoms with Crippen molar-refractivity contribution < 1.29 is 13.2 Å². The molecule has 1 aliphatic heterocycles. The lowest BCUT2D eigenvalue weighted by Crippen LogP contribution is -2.40. The lowest BCUT2D eigenvalue weighted by molar-refractivity contribution is 0.361. The summed E-state index contributed by atoms with van der Waals surface area (Å²) in [7, 11) is -1.26. The molecule has 2 rings (SSSR count). The maximum absolute atomic E-state index is 11.5. The van der Waals surface area contributed by atoms with Gasteiger partial charge in [-0.25, -0.2) is 8.42 Å². The number of methoxy groups -OCH3 is 1. The number of likely N-dealkylation sites (tertiary alicyclic amines) is 1. The Hall–Kier alpha value is -1.76. The van der Waals surface area contributed by atoms with Crippen LogP contribution in [-0.2, 0) is 9.84 Å². The van der Waals surface area contributed by atoms with E-state index < -0.39 is 9.84 Å². The third kappa shape index (κ3) is 7.00. The van der Waals surface area contributed by atoms with E-state index in [9.17, 15) is 8.42 Å². The topological polar surface area (TPSA) is 71.0 Å². The summed E-state index contributed by atoms with van der Waals surface area (Å²) >= 11 is 0. The Morgan fingerprint density at radius 1 is 1.32 bits per heavy atom. The van der Waals surface area contributed by atoms with Crippen molar-refractivity contribution in [2.75, 3.05) is 45.3 Å². The SMILES string of the molecule is CCNC(=NCC(C)(C)CCS(C)(=O)=O)N1CCC(c2ccc(OC)cc2)C1. The van der Waals surface area contributed by atoms with Crippen LogP contribution < -0.4 is 10.1 Å². The van der Waals surface area contributed by atoms with Gasteiger partial charge in [0.1, 0.15) is 15.6 Å². The van der Waals surface area contributed by atoms with E-state index in [-0.39, 0.29) is 11.2 Å². The van der Waals surface area contributed by atoms with Crippen molar-refractivity contribution >= 4 is 15.8 Å². The van der Waals surface area contributed by atoms with E-state index >= 15 is 0 Å². The molecule has 1 heterocycles. The van der Waals surface area contributed by atoms with Gasteiger partial charge in [-0.3, -0.25) is 4.99 Å². The first-order valence-corrected chi connectivity index (χ1v) is 12.0. The number of hydrogen-bond acceptors (Lipinski definition) is 4. The summed E-state index contributed by atoms with van der Waals surface area (Å²) in [5.74, 6) is 2.48. The van der Waals surface area contributed by atoms with E-state index in [1.165, 1.54) is 11.8 Å². The van der Waals surface area contributed by atoms with Gasteiger partial charge < -0.3 is 15.0 Å². The van der Waals surface area contributed by atoms with Crippen molar-refractivity contribution in [2.45, 2.75) is 39.5 Å². The zero-order valence-electron chi connectivity index (χ0n) is 17.9. The van der Waals surface area contributed by atoms with Crippen LogP contribution in [-0.4, -0.2) is 64.6 Å². The third-order valence-electron chi connectivity index (χ3n) is 5.22. The van der Waals surface area contributed by atoms with Gasteiger partial charge in [-0.05, 0) is 42.9 Å². The van der Waals surface area contributed by atoms with Crippen LogP contribution in [0, 0.1) is 5.41 Å².